The van der Waals surface area contributed by atoms with Gasteiger partial charge in [0.25, 0.3) is 0 Å². The van der Waals surface area contributed by atoms with Crippen molar-refractivity contribution in [1.82, 2.24) is 10.2 Å². The van der Waals surface area contributed by atoms with E-state index in [-0.39, 0.29) is 6.04 Å². The Balaban J connectivity index is 1.88. The molecule has 1 heterocycles. The molecule has 1 unspecified atom stereocenters. The Morgan fingerprint density at radius 3 is 2.78 bits per heavy atom. The fraction of sp³-hybridized carbons (Fsp3) is 0.385. The molecule has 1 atom stereocenters. The van der Waals surface area contributed by atoms with Gasteiger partial charge in [-0.1, -0.05) is 35.4 Å². The van der Waals surface area contributed by atoms with Gasteiger partial charge in [-0.25, -0.2) is 0 Å². The number of benzene rings is 1. The fourth-order valence-electron chi connectivity index (χ4n) is 1.77. The zero-order valence-corrected chi connectivity index (χ0v) is 10.5. The smallest absolute Gasteiger partial charge is 0.315 e. The molecule has 0 aliphatic heterocycles. The maximum absolute atomic E-state index is 5.43. The van der Waals surface area contributed by atoms with Crippen LogP contribution >= 0.6 is 0 Å². The highest BCUT2D eigenvalue weighted by Crippen LogP contribution is 2.10. The highest BCUT2D eigenvalue weighted by atomic mass is 16.4. The number of aromatic nitrogens is 2. The van der Waals surface area contributed by atoms with E-state index < -0.39 is 0 Å². The van der Waals surface area contributed by atoms with Gasteiger partial charge in [-0.2, -0.15) is 0 Å². The van der Waals surface area contributed by atoms with Gasteiger partial charge < -0.3 is 15.5 Å². The Hall–Kier alpha value is -1.88. The predicted octanol–water partition coefficient (Wildman–Crippen LogP) is 1.61. The number of nitrogens with zero attached hydrogens (tertiary/aromatic N) is 2. The van der Waals surface area contributed by atoms with Gasteiger partial charge >= 0.3 is 6.01 Å². The minimum Gasteiger partial charge on any atom is -0.408 e. The molecule has 0 saturated carbocycles. The second kappa shape index (κ2) is 6.16. The second-order valence-electron chi connectivity index (χ2n) is 4.27. The number of nitrogens with two attached hydrogens (primary N) is 1. The monoisotopic (exact) mass is 246 g/mol. The van der Waals surface area contributed by atoms with Crippen molar-refractivity contribution in [3.8, 4) is 0 Å². The lowest BCUT2D eigenvalue weighted by atomic mass is 10.1. The molecule has 18 heavy (non-hydrogen) atoms. The molecule has 0 saturated heterocycles. The third-order valence-corrected chi connectivity index (χ3v) is 2.58. The van der Waals surface area contributed by atoms with Crippen molar-refractivity contribution in [2.75, 3.05) is 11.9 Å². The summed E-state index contributed by atoms with van der Waals surface area (Å²) in [7, 11) is 0. The van der Waals surface area contributed by atoms with Crippen molar-refractivity contribution in [1.29, 1.82) is 0 Å². The quantitative estimate of drug-likeness (QED) is 0.809. The molecule has 1 aromatic heterocycles. The average Bonchev–Trinajstić information content (AvgIpc) is 2.78. The van der Waals surface area contributed by atoms with E-state index in [2.05, 4.69) is 34.6 Å². The molecule has 96 valence electrons. The maximum atomic E-state index is 5.43. The van der Waals surface area contributed by atoms with Gasteiger partial charge in [0.2, 0.25) is 5.89 Å². The first kappa shape index (κ1) is 12.6. The van der Waals surface area contributed by atoms with E-state index in [4.69, 9.17) is 10.2 Å². The molecule has 2 aromatic rings. The van der Waals surface area contributed by atoms with Crippen LogP contribution in [0.1, 0.15) is 18.4 Å². The van der Waals surface area contributed by atoms with Crippen LogP contribution in [0.25, 0.3) is 0 Å². The summed E-state index contributed by atoms with van der Waals surface area (Å²) in [5.74, 6) is 0.576. The summed E-state index contributed by atoms with van der Waals surface area (Å²) in [4.78, 5) is 0. The van der Waals surface area contributed by atoms with Crippen LogP contribution in [0.2, 0.25) is 0 Å². The molecule has 0 bridgehead atoms. The van der Waals surface area contributed by atoms with Crippen molar-refractivity contribution in [3.05, 3.63) is 41.8 Å². The van der Waals surface area contributed by atoms with E-state index in [1.807, 2.05) is 18.2 Å². The molecule has 0 amide bonds. The van der Waals surface area contributed by atoms with Crippen molar-refractivity contribution < 1.29 is 4.42 Å². The summed E-state index contributed by atoms with van der Waals surface area (Å²) in [5.41, 5.74) is 6.70. The summed E-state index contributed by atoms with van der Waals surface area (Å²) >= 11 is 0. The number of hydrogen-bond donors (Lipinski definition) is 2. The van der Waals surface area contributed by atoms with Crippen LogP contribution < -0.4 is 11.1 Å². The number of nitrogens with one attached hydrogen (secondary N) is 1. The molecule has 0 fully saturated rings. The lowest BCUT2D eigenvalue weighted by molar-refractivity contribution is 0.500. The Morgan fingerprint density at radius 1 is 1.28 bits per heavy atom. The van der Waals surface area contributed by atoms with Crippen molar-refractivity contribution in [3.63, 3.8) is 0 Å². The van der Waals surface area contributed by atoms with Gasteiger partial charge in [-0.3, -0.25) is 0 Å². The predicted molar refractivity (Wildman–Crippen MR) is 70.3 cm³/mol. The summed E-state index contributed by atoms with van der Waals surface area (Å²) in [6.45, 7) is 2.60. The summed E-state index contributed by atoms with van der Waals surface area (Å²) in [6.07, 6.45) is 1.52. The largest absolute Gasteiger partial charge is 0.408 e. The first-order valence-electron chi connectivity index (χ1n) is 6.11. The number of anilines is 1. The van der Waals surface area contributed by atoms with Gasteiger partial charge in [0.15, 0.2) is 0 Å². The van der Waals surface area contributed by atoms with Crippen molar-refractivity contribution >= 4 is 6.01 Å². The van der Waals surface area contributed by atoms with Gasteiger partial charge in [-0.15, -0.1) is 5.10 Å². The lowest BCUT2D eigenvalue weighted by Crippen LogP contribution is -2.18. The number of hydrogen-bond acceptors (Lipinski definition) is 5. The molecular weight excluding hydrogens is 228 g/mol. The molecule has 5 heteroatoms. The van der Waals surface area contributed by atoms with Crippen LogP contribution in [-0.2, 0) is 12.8 Å². The lowest BCUT2D eigenvalue weighted by Gasteiger charge is -2.11. The zero-order valence-electron chi connectivity index (χ0n) is 10.5. The molecule has 5 nitrogen and oxygen atoms in total. The van der Waals surface area contributed by atoms with Gasteiger partial charge in [-0.05, 0) is 18.9 Å². The molecular formula is C13H18N4O. The van der Waals surface area contributed by atoms with Crippen molar-refractivity contribution in [2.45, 2.75) is 25.8 Å². The SMILES string of the molecule is CC(Cc1ccccc1)Nc1nnc(CCN)o1. The molecule has 0 aliphatic rings. The highest BCUT2D eigenvalue weighted by molar-refractivity contribution is 5.22. The molecule has 1 aromatic carbocycles. The topological polar surface area (TPSA) is 77.0 Å². The van der Waals surface area contributed by atoms with Crippen LogP contribution in [-0.4, -0.2) is 22.8 Å². The molecule has 0 spiro atoms. The molecule has 3 N–H and O–H groups in total. The van der Waals surface area contributed by atoms with E-state index in [0.717, 1.165) is 6.42 Å². The van der Waals surface area contributed by atoms with E-state index in [0.29, 0.717) is 24.9 Å². The van der Waals surface area contributed by atoms with Crippen molar-refractivity contribution in [2.24, 2.45) is 5.73 Å². The molecule has 0 aliphatic carbocycles. The fourth-order valence-corrected chi connectivity index (χ4v) is 1.77. The first-order chi connectivity index (χ1) is 8.78. The maximum Gasteiger partial charge on any atom is 0.315 e. The van der Waals surface area contributed by atoms with E-state index >= 15 is 0 Å². The van der Waals surface area contributed by atoms with E-state index in [9.17, 15) is 0 Å². The van der Waals surface area contributed by atoms with Crippen LogP contribution in [0, 0.1) is 0 Å². The Kier molecular flexibility index (Phi) is 4.30. The molecule has 2 rings (SSSR count). The van der Waals surface area contributed by atoms with Crippen LogP contribution in [0.5, 0.6) is 0 Å². The average molecular weight is 246 g/mol. The minimum absolute atomic E-state index is 0.235. The number of rotatable bonds is 6. The van der Waals surface area contributed by atoms with Crippen LogP contribution in [0.15, 0.2) is 34.7 Å². The van der Waals surface area contributed by atoms with Gasteiger partial charge in [0, 0.05) is 19.0 Å². The van der Waals surface area contributed by atoms with Crippen LogP contribution in [0.3, 0.4) is 0 Å². The first-order valence-corrected chi connectivity index (χ1v) is 6.11. The minimum atomic E-state index is 0.235. The Morgan fingerprint density at radius 2 is 2.06 bits per heavy atom. The van der Waals surface area contributed by atoms with Gasteiger partial charge in [0.05, 0.1) is 0 Å². The third-order valence-electron chi connectivity index (χ3n) is 2.58. The third kappa shape index (κ3) is 3.56. The summed E-state index contributed by atoms with van der Waals surface area (Å²) in [5, 5.41) is 11.0. The summed E-state index contributed by atoms with van der Waals surface area (Å²) in [6, 6.07) is 11.0. The zero-order chi connectivity index (χ0) is 12.8. The second-order valence-corrected chi connectivity index (χ2v) is 4.27. The summed E-state index contributed by atoms with van der Waals surface area (Å²) < 4.78 is 5.42. The van der Waals surface area contributed by atoms with E-state index in [1.165, 1.54) is 5.56 Å². The van der Waals surface area contributed by atoms with E-state index in [1.54, 1.807) is 0 Å². The normalized spacial score (nSPS) is 12.3. The van der Waals surface area contributed by atoms with Gasteiger partial charge in [0.1, 0.15) is 0 Å². The molecule has 0 radical (unpaired) electrons. The van der Waals surface area contributed by atoms with Crippen LogP contribution in [0.4, 0.5) is 6.01 Å². The standard InChI is InChI=1S/C13H18N4O/c1-10(9-11-5-3-2-4-6-11)15-13-17-16-12(18-13)7-8-14/h2-6,10H,7-9,14H2,1H3,(H,15,17). The Labute approximate surface area is 106 Å². The highest BCUT2D eigenvalue weighted by Gasteiger charge is 2.09. The Bertz CT molecular complexity index is 469.